The SMILES string of the molecule is Nc1nccnc1C(=O)NCCC(=O)N1CCOc2ccccc2C1. The zero-order valence-electron chi connectivity index (χ0n) is 13.6. The molecule has 3 N–H and O–H groups in total. The van der Waals surface area contributed by atoms with Crippen LogP contribution in [0, 0.1) is 0 Å². The highest BCUT2D eigenvalue weighted by Gasteiger charge is 2.20. The first-order chi connectivity index (χ1) is 12.1. The Morgan fingerprint density at radius 3 is 2.88 bits per heavy atom. The van der Waals surface area contributed by atoms with Gasteiger partial charge in [-0.1, -0.05) is 18.2 Å². The molecule has 0 fully saturated rings. The molecule has 0 spiro atoms. The van der Waals surface area contributed by atoms with E-state index < -0.39 is 5.91 Å². The predicted molar refractivity (Wildman–Crippen MR) is 90.7 cm³/mol. The lowest BCUT2D eigenvalue weighted by molar-refractivity contribution is -0.131. The first-order valence-corrected chi connectivity index (χ1v) is 7.98. The molecule has 0 aliphatic carbocycles. The largest absolute Gasteiger partial charge is 0.491 e. The van der Waals surface area contributed by atoms with E-state index in [1.54, 1.807) is 4.90 Å². The van der Waals surface area contributed by atoms with Crippen molar-refractivity contribution in [2.45, 2.75) is 13.0 Å². The lowest BCUT2D eigenvalue weighted by Gasteiger charge is -2.20. The van der Waals surface area contributed by atoms with E-state index >= 15 is 0 Å². The number of aromatic nitrogens is 2. The van der Waals surface area contributed by atoms with Crippen LogP contribution in [0.4, 0.5) is 5.82 Å². The van der Waals surface area contributed by atoms with Gasteiger partial charge in [-0.05, 0) is 6.07 Å². The van der Waals surface area contributed by atoms with Crippen molar-refractivity contribution in [3.8, 4) is 5.75 Å². The maximum absolute atomic E-state index is 12.4. The number of para-hydroxylation sites is 1. The van der Waals surface area contributed by atoms with Crippen molar-refractivity contribution in [3.63, 3.8) is 0 Å². The summed E-state index contributed by atoms with van der Waals surface area (Å²) in [4.78, 5) is 33.9. The molecule has 8 nitrogen and oxygen atoms in total. The highest BCUT2D eigenvalue weighted by Crippen LogP contribution is 2.22. The molecule has 25 heavy (non-hydrogen) atoms. The Kier molecular flexibility index (Phi) is 5.08. The molecule has 0 saturated carbocycles. The predicted octanol–water partition coefficient (Wildman–Crippen LogP) is 0.600. The van der Waals surface area contributed by atoms with Crippen LogP contribution in [-0.4, -0.2) is 46.4 Å². The molecule has 1 aromatic carbocycles. The zero-order chi connectivity index (χ0) is 17.6. The molecule has 2 amide bonds. The standard InChI is InChI=1S/C17H19N5O3/c18-16-15(19-7-8-20-16)17(24)21-6-5-14(23)22-9-10-25-13-4-2-1-3-12(13)11-22/h1-4,7-8H,5-6,9-11H2,(H2,18,20)(H,21,24). The second-order valence-corrected chi connectivity index (χ2v) is 5.57. The van der Waals surface area contributed by atoms with E-state index in [9.17, 15) is 9.59 Å². The van der Waals surface area contributed by atoms with Crippen molar-refractivity contribution >= 4 is 17.6 Å². The molecule has 0 bridgehead atoms. The number of nitrogens with one attached hydrogen (secondary N) is 1. The third kappa shape index (κ3) is 4.03. The van der Waals surface area contributed by atoms with Crippen molar-refractivity contribution in [2.75, 3.05) is 25.4 Å². The van der Waals surface area contributed by atoms with Gasteiger partial charge in [0.1, 0.15) is 12.4 Å². The lowest BCUT2D eigenvalue weighted by Crippen LogP contribution is -2.35. The van der Waals surface area contributed by atoms with E-state index in [1.165, 1.54) is 12.4 Å². The van der Waals surface area contributed by atoms with E-state index in [0.29, 0.717) is 19.7 Å². The summed E-state index contributed by atoms with van der Waals surface area (Å²) in [6, 6.07) is 7.67. The lowest BCUT2D eigenvalue weighted by atomic mass is 10.2. The highest BCUT2D eigenvalue weighted by molar-refractivity contribution is 5.96. The molecule has 1 aliphatic heterocycles. The number of nitrogens with two attached hydrogens (primary N) is 1. The molecule has 2 heterocycles. The van der Waals surface area contributed by atoms with Crippen LogP contribution in [0.5, 0.6) is 5.75 Å². The number of carbonyl (C=O) groups is 2. The number of carbonyl (C=O) groups excluding carboxylic acids is 2. The number of amides is 2. The maximum atomic E-state index is 12.4. The summed E-state index contributed by atoms with van der Waals surface area (Å²) in [6.07, 6.45) is 2.99. The molecular formula is C17H19N5O3. The van der Waals surface area contributed by atoms with Crippen LogP contribution in [0.25, 0.3) is 0 Å². The molecule has 0 saturated heterocycles. The van der Waals surface area contributed by atoms with E-state index in [1.807, 2.05) is 24.3 Å². The molecule has 130 valence electrons. The molecule has 0 unspecified atom stereocenters. The minimum absolute atomic E-state index is 0.0484. The maximum Gasteiger partial charge on any atom is 0.273 e. The monoisotopic (exact) mass is 341 g/mol. The quantitative estimate of drug-likeness (QED) is 0.842. The van der Waals surface area contributed by atoms with E-state index in [-0.39, 0.29) is 30.4 Å². The number of hydrogen-bond acceptors (Lipinski definition) is 6. The Balaban J connectivity index is 1.53. The molecule has 0 atom stereocenters. The molecule has 3 rings (SSSR count). The van der Waals surface area contributed by atoms with E-state index in [0.717, 1.165) is 11.3 Å². The van der Waals surface area contributed by atoms with Gasteiger partial charge in [0.05, 0.1) is 6.54 Å². The van der Waals surface area contributed by atoms with Gasteiger partial charge >= 0.3 is 0 Å². The van der Waals surface area contributed by atoms with Crippen LogP contribution in [-0.2, 0) is 11.3 Å². The molecular weight excluding hydrogens is 322 g/mol. The third-order valence-electron chi connectivity index (χ3n) is 3.87. The average molecular weight is 341 g/mol. The number of nitrogen functional groups attached to an aromatic ring is 1. The van der Waals surface area contributed by atoms with Crippen LogP contribution in [0.2, 0.25) is 0 Å². The summed E-state index contributed by atoms with van der Waals surface area (Å²) in [5.41, 5.74) is 6.65. The van der Waals surface area contributed by atoms with Crippen molar-refractivity contribution in [3.05, 3.63) is 47.9 Å². The van der Waals surface area contributed by atoms with Gasteiger partial charge in [0, 0.05) is 37.5 Å². The molecule has 1 aromatic heterocycles. The molecule has 1 aliphatic rings. The van der Waals surface area contributed by atoms with Crippen molar-refractivity contribution in [1.82, 2.24) is 20.2 Å². The second-order valence-electron chi connectivity index (χ2n) is 5.57. The summed E-state index contributed by atoms with van der Waals surface area (Å²) in [5, 5.41) is 2.64. The smallest absolute Gasteiger partial charge is 0.273 e. The fourth-order valence-electron chi connectivity index (χ4n) is 2.59. The first kappa shape index (κ1) is 16.7. The second kappa shape index (κ2) is 7.61. The van der Waals surface area contributed by atoms with Gasteiger partial charge in [-0.25, -0.2) is 9.97 Å². The minimum atomic E-state index is -0.442. The first-order valence-electron chi connectivity index (χ1n) is 7.98. The van der Waals surface area contributed by atoms with E-state index in [2.05, 4.69) is 15.3 Å². The fraction of sp³-hybridized carbons (Fsp3) is 0.294. The third-order valence-corrected chi connectivity index (χ3v) is 3.87. The van der Waals surface area contributed by atoms with Gasteiger partial charge in [-0.3, -0.25) is 9.59 Å². The van der Waals surface area contributed by atoms with Crippen molar-refractivity contribution < 1.29 is 14.3 Å². The van der Waals surface area contributed by atoms with Crippen LogP contribution < -0.4 is 15.8 Å². The summed E-state index contributed by atoms with van der Waals surface area (Å²) in [7, 11) is 0. The summed E-state index contributed by atoms with van der Waals surface area (Å²) >= 11 is 0. The Labute approximate surface area is 145 Å². The van der Waals surface area contributed by atoms with Crippen LogP contribution in [0.15, 0.2) is 36.7 Å². The topological polar surface area (TPSA) is 110 Å². The Hall–Kier alpha value is -3.16. The highest BCUT2D eigenvalue weighted by atomic mass is 16.5. The number of fused-ring (bicyclic) bond motifs is 1. The number of ether oxygens (including phenoxy) is 1. The van der Waals surface area contributed by atoms with Crippen molar-refractivity contribution in [1.29, 1.82) is 0 Å². The van der Waals surface area contributed by atoms with Crippen molar-refractivity contribution in [2.24, 2.45) is 0 Å². The van der Waals surface area contributed by atoms with Gasteiger partial charge in [0.15, 0.2) is 11.5 Å². The van der Waals surface area contributed by atoms with Gasteiger partial charge in [0.25, 0.3) is 5.91 Å². The number of nitrogens with zero attached hydrogens (tertiary/aromatic N) is 3. The van der Waals surface area contributed by atoms with E-state index in [4.69, 9.17) is 10.5 Å². The molecule has 8 heteroatoms. The van der Waals surface area contributed by atoms with Gasteiger partial charge < -0.3 is 20.7 Å². The summed E-state index contributed by atoms with van der Waals surface area (Å²) in [6.45, 7) is 1.66. The number of benzene rings is 1. The van der Waals surface area contributed by atoms with Crippen LogP contribution in [0.3, 0.4) is 0 Å². The Morgan fingerprint density at radius 1 is 1.24 bits per heavy atom. The van der Waals surface area contributed by atoms with Crippen LogP contribution >= 0.6 is 0 Å². The van der Waals surface area contributed by atoms with Gasteiger partial charge in [-0.2, -0.15) is 0 Å². The van der Waals surface area contributed by atoms with Crippen LogP contribution in [0.1, 0.15) is 22.5 Å². The summed E-state index contributed by atoms with van der Waals surface area (Å²) < 4.78 is 5.65. The number of rotatable bonds is 4. The molecule has 2 aromatic rings. The Bertz CT molecular complexity index is 780. The zero-order valence-corrected chi connectivity index (χ0v) is 13.6. The number of hydrogen-bond donors (Lipinski definition) is 2. The van der Waals surface area contributed by atoms with Gasteiger partial charge in [-0.15, -0.1) is 0 Å². The minimum Gasteiger partial charge on any atom is -0.491 e. The molecule has 0 radical (unpaired) electrons. The summed E-state index contributed by atoms with van der Waals surface area (Å²) in [5.74, 6) is 0.382. The fourth-order valence-corrected chi connectivity index (χ4v) is 2.59. The Morgan fingerprint density at radius 2 is 2.04 bits per heavy atom. The normalized spacial score (nSPS) is 13.4. The number of anilines is 1. The average Bonchev–Trinajstić information content (AvgIpc) is 2.84. The van der Waals surface area contributed by atoms with Gasteiger partial charge in [0.2, 0.25) is 5.91 Å².